The largest absolute Gasteiger partial charge is 0.425 e. The number of carbonyl (C=O) groups excluding carboxylic acids is 2. The Morgan fingerprint density at radius 1 is 1.22 bits per heavy atom. The molecule has 0 bridgehead atoms. The Labute approximate surface area is 161 Å². The molecule has 1 aliphatic heterocycles. The highest BCUT2D eigenvalue weighted by atomic mass is 32.2. The molecule has 0 spiro atoms. The third-order valence-corrected chi connectivity index (χ3v) is 5.26. The van der Waals surface area contributed by atoms with Crippen LogP contribution in [-0.4, -0.2) is 34.1 Å². The highest BCUT2D eigenvalue weighted by Crippen LogP contribution is 2.30. The van der Waals surface area contributed by atoms with Gasteiger partial charge < -0.3 is 15.4 Å². The quantitative estimate of drug-likeness (QED) is 0.354. The Morgan fingerprint density at radius 2 is 2.04 bits per heavy atom. The highest BCUT2D eigenvalue weighted by Gasteiger charge is 2.28. The van der Waals surface area contributed by atoms with E-state index >= 15 is 0 Å². The van der Waals surface area contributed by atoms with E-state index in [2.05, 4.69) is 20.6 Å². The van der Waals surface area contributed by atoms with Crippen LogP contribution in [-0.2, 0) is 22.4 Å². The fourth-order valence-corrected chi connectivity index (χ4v) is 3.71. The number of aryl methyl sites for hydroxylation is 1. The summed E-state index contributed by atoms with van der Waals surface area (Å²) in [5.41, 5.74) is 3.17. The SMILES string of the molecule is CSc1nc2c(c(Nc3ccc(OC(=O)C4CCC(=O)N4)cc3)n1)CCC2. The number of fused-ring (bicyclic) bond motifs is 1. The van der Waals surface area contributed by atoms with Crippen molar-refractivity contribution < 1.29 is 14.3 Å². The van der Waals surface area contributed by atoms with Gasteiger partial charge in [0, 0.05) is 17.7 Å². The second-order valence-electron chi connectivity index (χ2n) is 6.57. The standard InChI is InChI=1S/C19H20N4O3S/c1-27-19-22-14-4-2-3-13(14)17(23-19)20-11-5-7-12(8-6-11)26-18(25)15-9-10-16(24)21-15/h5-8,15H,2-4,9-10H2,1H3,(H,21,24)(H,20,22,23). The molecule has 1 amide bonds. The van der Waals surface area contributed by atoms with Crippen molar-refractivity contribution >= 4 is 35.1 Å². The van der Waals surface area contributed by atoms with Gasteiger partial charge in [-0.2, -0.15) is 0 Å². The van der Waals surface area contributed by atoms with E-state index in [4.69, 9.17) is 4.74 Å². The van der Waals surface area contributed by atoms with Gasteiger partial charge in [-0.1, -0.05) is 11.8 Å². The molecule has 1 aliphatic carbocycles. The molecule has 1 aromatic heterocycles. The smallest absolute Gasteiger partial charge is 0.334 e. The second kappa shape index (κ2) is 7.56. The van der Waals surface area contributed by atoms with Crippen molar-refractivity contribution in [1.29, 1.82) is 0 Å². The van der Waals surface area contributed by atoms with E-state index in [-0.39, 0.29) is 5.91 Å². The average molecular weight is 384 g/mol. The number of carbonyl (C=O) groups is 2. The number of nitrogens with one attached hydrogen (secondary N) is 2. The second-order valence-corrected chi connectivity index (χ2v) is 7.34. The van der Waals surface area contributed by atoms with Gasteiger partial charge in [0.25, 0.3) is 0 Å². The Morgan fingerprint density at radius 3 is 2.74 bits per heavy atom. The lowest BCUT2D eigenvalue weighted by atomic mass is 10.2. The van der Waals surface area contributed by atoms with Crippen molar-refractivity contribution in [3.8, 4) is 5.75 Å². The molecule has 140 valence electrons. The van der Waals surface area contributed by atoms with Crippen LogP contribution in [0.1, 0.15) is 30.5 Å². The molecule has 27 heavy (non-hydrogen) atoms. The summed E-state index contributed by atoms with van der Waals surface area (Å²) in [6.45, 7) is 0. The molecule has 7 nitrogen and oxygen atoms in total. The topological polar surface area (TPSA) is 93.2 Å². The molecule has 1 fully saturated rings. The Balaban J connectivity index is 1.45. The lowest BCUT2D eigenvalue weighted by molar-refractivity contribution is -0.137. The van der Waals surface area contributed by atoms with E-state index in [1.165, 1.54) is 17.3 Å². The van der Waals surface area contributed by atoms with Crippen molar-refractivity contribution in [1.82, 2.24) is 15.3 Å². The highest BCUT2D eigenvalue weighted by molar-refractivity contribution is 7.98. The number of hydrogen-bond acceptors (Lipinski definition) is 7. The van der Waals surface area contributed by atoms with Crippen LogP contribution in [0.25, 0.3) is 0 Å². The number of esters is 1. The van der Waals surface area contributed by atoms with Crippen LogP contribution in [0.2, 0.25) is 0 Å². The van der Waals surface area contributed by atoms with Crippen LogP contribution < -0.4 is 15.4 Å². The lowest BCUT2D eigenvalue weighted by Gasteiger charge is -2.13. The van der Waals surface area contributed by atoms with E-state index in [1.807, 2.05) is 18.4 Å². The molecule has 8 heteroatoms. The van der Waals surface area contributed by atoms with Crippen LogP contribution in [0.15, 0.2) is 29.4 Å². The molecule has 1 unspecified atom stereocenters. The first kappa shape index (κ1) is 17.8. The van der Waals surface area contributed by atoms with Gasteiger partial charge in [0.1, 0.15) is 17.6 Å². The summed E-state index contributed by atoms with van der Waals surface area (Å²) in [7, 11) is 0. The number of nitrogens with zero attached hydrogens (tertiary/aromatic N) is 2. The van der Waals surface area contributed by atoms with Gasteiger partial charge in [-0.15, -0.1) is 0 Å². The molecule has 1 atom stereocenters. The molecule has 1 saturated heterocycles. The molecular weight excluding hydrogens is 364 g/mol. The summed E-state index contributed by atoms with van der Waals surface area (Å²) in [5.74, 6) is 0.753. The van der Waals surface area contributed by atoms with Gasteiger partial charge in [0.15, 0.2) is 5.16 Å². The van der Waals surface area contributed by atoms with Crippen LogP contribution in [0, 0.1) is 0 Å². The molecule has 2 heterocycles. The number of benzene rings is 1. The number of ether oxygens (including phenoxy) is 1. The number of rotatable bonds is 5. The first-order valence-corrected chi connectivity index (χ1v) is 10.2. The normalized spacial score (nSPS) is 18.1. The fourth-order valence-electron chi connectivity index (χ4n) is 3.33. The van der Waals surface area contributed by atoms with Crippen LogP contribution in [0.5, 0.6) is 5.75 Å². The number of hydrogen-bond donors (Lipinski definition) is 2. The van der Waals surface area contributed by atoms with Gasteiger partial charge in [0.2, 0.25) is 5.91 Å². The molecule has 0 radical (unpaired) electrons. The van der Waals surface area contributed by atoms with Crippen molar-refractivity contribution in [3.05, 3.63) is 35.5 Å². The molecule has 4 rings (SSSR count). The Hall–Kier alpha value is -2.61. The van der Waals surface area contributed by atoms with E-state index in [0.29, 0.717) is 18.6 Å². The number of amides is 1. The number of thioether (sulfide) groups is 1. The molecule has 2 N–H and O–H groups in total. The molecular formula is C19H20N4O3S. The monoisotopic (exact) mass is 384 g/mol. The maximum Gasteiger partial charge on any atom is 0.334 e. The minimum atomic E-state index is -0.552. The van der Waals surface area contributed by atoms with Crippen molar-refractivity contribution in [2.24, 2.45) is 0 Å². The van der Waals surface area contributed by atoms with Crippen LogP contribution in [0.4, 0.5) is 11.5 Å². The Kier molecular flexibility index (Phi) is 4.98. The van der Waals surface area contributed by atoms with Crippen molar-refractivity contribution in [2.45, 2.75) is 43.3 Å². The van der Waals surface area contributed by atoms with Gasteiger partial charge in [-0.05, 0) is 56.2 Å². The summed E-state index contributed by atoms with van der Waals surface area (Å²) in [6.07, 6.45) is 5.89. The van der Waals surface area contributed by atoms with Crippen LogP contribution >= 0.6 is 11.8 Å². The number of anilines is 2. The summed E-state index contributed by atoms with van der Waals surface area (Å²) < 4.78 is 5.35. The zero-order valence-electron chi connectivity index (χ0n) is 14.9. The van der Waals surface area contributed by atoms with E-state index < -0.39 is 12.0 Å². The fraction of sp³-hybridized carbons (Fsp3) is 0.368. The predicted molar refractivity (Wildman–Crippen MR) is 102 cm³/mol. The van der Waals surface area contributed by atoms with Gasteiger partial charge in [-0.25, -0.2) is 14.8 Å². The Bertz CT molecular complexity index is 885. The third-order valence-electron chi connectivity index (χ3n) is 4.71. The summed E-state index contributed by atoms with van der Waals surface area (Å²) >= 11 is 1.53. The number of aromatic nitrogens is 2. The van der Waals surface area contributed by atoms with E-state index in [0.717, 1.165) is 41.6 Å². The van der Waals surface area contributed by atoms with E-state index in [1.54, 1.807) is 12.1 Å². The maximum absolute atomic E-state index is 12.1. The summed E-state index contributed by atoms with van der Waals surface area (Å²) in [5, 5.41) is 6.74. The maximum atomic E-state index is 12.1. The first-order valence-electron chi connectivity index (χ1n) is 8.94. The third kappa shape index (κ3) is 3.90. The molecule has 2 aliphatic rings. The first-order chi connectivity index (χ1) is 13.1. The minimum Gasteiger partial charge on any atom is -0.425 e. The van der Waals surface area contributed by atoms with Gasteiger partial charge in [0.05, 0.1) is 5.69 Å². The summed E-state index contributed by atoms with van der Waals surface area (Å²) in [4.78, 5) is 32.5. The zero-order chi connectivity index (χ0) is 18.8. The zero-order valence-corrected chi connectivity index (χ0v) is 15.8. The molecule has 2 aromatic rings. The molecule has 1 aromatic carbocycles. The van der Waals surface area contributed by atoms with Gasteiger partial charge >= 0.3 is 5.97 Å². The average Bonchev–Trinajstić information content (AvgIpc) is 3.32. The van der Waals surface area contributed by atoms with Crippen molar-refractivity contribution in [2.75, 3.05) is 11.6 Å². The minimum absolute atomic E-state index is 0.113. The van der Waals surface area contributed by atoms with Gasteiger partial charge in [-0.3, -0.25) is 4.79 Å². The lowest BCUT2D eigenvalue weighted by Crippen LogP contribution is -2.36. The molecule has 0 saturated carbocycles. The van der Waals surface area contributed by atoms with E-state index in [9.17, 15) is 9.59 Å². The predicted octanol–water partition coefficient (Wildman–Crippen LogP) is 2.61. The summed E-state index contributed by atoms with van der Waals surface area (Å²) in [6, 6.07) is 6.60. The van der Waals surface area contributed by atoms with Crippen LogP contribution in [0.3, 0.4) is 0 Å². The van der Waals surface area contributed by atoms with Crippen molar-refractivity contribution in [3.63, 3.8) is 0 Å².